The molecule has 0 aliphatic carbocycles. The van der Waals surface area contributed by atoms with Crippen molar-refractivity contribution in [2.45, 2.75) is 26.3 Å². The van der Waals surface area contributed by atoms with Crippen LogP contribution in [0.3, 0.4) is 0 Å². The molecule has 0 aliphatic heterocycles. The Balaban J connectivity index is 2.04. The molecule has 0 atom stereocenters. The van der Waals surface area contributed by atoms with E-state index < -0.39 is 0 Å². The highest BCUT2D eigenvalue weighted by molar-refractivity contribution is 9.10. The molecule has 0 amide bonds. The predicted octanol–water partition coefficient (Wildman–Crippen LogP) is 3.87. The van der Waals surface area contributed by atoms with Crippen LogP contribution in [0, 0.1) is 0 Å². The van der Waals surface area contributed by atoms with E-state index in [4.69, 9.17) is 0 Å². The average Bonchev–Trinajstić information content (AvgIpc) is 2.79. The largest absolute Gasteiger partial charge is 0.365 e. The Bertz CT molecular complexity index is 471. The maximum Gasteiger partial charge on any atom is 0.132 e. The zero-order valence-electron chi connectivity index (χ0n) is 9.61. The predicted molar refractivity (Wildman–Crippen MR) is 75.4 cm³/mol. The zero-order valence-corrected chi connectivity index (χ0v) is 12.0. The van der Waals surface area contributed by atoms with Gasteiger partial charge in [0.1, 0.15) is 16.2 Å². The number of nitrogens with zero attached hydrogens (tertiary/aromatic N) is 2. The molecule has 2 heterocycles. The smallest absolute Gasteiger partial charge is 0.132 e. The van der Waals surface area contributed by atoms with Crippen molar-refractivity contribution in [2.24, 2.45) is 0 Å². The number of rotatable bonds is 5. The number of halogens is 1. The molecule has 2 aromatic rings. The minimum atomic E-state index is 0.812. The maximum absolute atomic E-state index is 4.48. The Hall–Kier alpha value is -0.940. The number of aryl methyl sites for hydroxylation is 1. The van der Waals surface area contributed by atoms with Crippen LogP contribution in [0.2, 0.25) is 0 Å². The lowest BCUT2D eigenvalue weighted by Gasteiger charge is -2.06. The highest BCUT2D eigenvalue weighted by atomic mass is 79.9. The molecule has 0 spiro atoms. The van der Waals surface area contributed by atoms with Crippen molar-refractivity contribution in [1.29, 1.82) is 0 Å². The van der Waals surface area contributed by atoms with Crippen molar-refractivity contribution >= 4 is 33.1 Å². The summed E-state index contributed by atoms with van der Waals surface area (Å²) in [6.07, 6.45) is 1.97. The molecule has 0 saturated heterocycles. The molecule has 0 saturated carbocycles. The standard InChI is InChI=1S/C12H14BrN3S/c1-2-4-11-15-10(13)7-12(16-11)14-8-9-5-3-6-17-9/h3,5-7H,2,4,8H2,1H3,(H,14,15,16). The monoisotopic (exact) mass is 311 g/mol. The number of anilines is 1. The Kier molecular flexibility index (Phi) is 4.50. The van der Waals surface area contributed by atoms with Crippen LogP contribution in [0.1, 0.15) is 24.0 Å². The molecule has 2 aromatic heterocycles. The van der Waals surface area contributed by atoms with Crippen LogP contribution in [0.5, 0.6) is 0 Å². The molecule has 0 bridgehead atoms. The van der Waals surface area contributed by atoms with Crippen LogP contribution >= 0.6 is 27.3 Å². The summed E-state index contributed by atoms with van der Waals surface area (Å²) in [5.41, 5.74) is 0. The summed E-state index contributed by atoms with van der Waals surface area (Å²) >= 11 is 5.16. The second-order valence-electron chi connectivity index (χ2n) is 3.68. The molecule has 0 unspecified atom stereocenters. The molecule has 1 N–H and O–H groups in total. The molecule has 0 aliphatic rings. The van der Waals surface area contributed by atoms with E-state index in [9.17, 15) is 0 Å². The van der Waals surface area contributed by atoms with Gasteiger partial charge in [0.2, 0.25) is 0 Å². The highest BCUT2D eigenvalue weighted by Crippen LogP contribution is 2.15. The molecular formula is C12H14BrN3S. The van der Waals surface area contributed by atoms with Crippen LogP contribution < -0.4 is 5.32 Å². The van der Waals surface area contributed by atoms with Gasteiger partial charge in [0.25, 0.3) is 0 Å². The molecular weight excluding hydrogens is 298 g/mol. The summed E-state index contributed by atoms with van der Waals surface area (Å²) in [4.78, 5) is 10.1. The third-order valence-corrected chi connectivity index (χ3v) is 3.52. The number of thiophene rings is 1. The van der Waals surface area contributed by atoms with Gasteiger partial charge in [-0.25, -0.2) is 9.97 Å². The first-order valence-corrected chi connectivity index (χ1v) is 7.25. The molecule has 0 fully saturated rings. The van der Waals surface area contributed by atoms with Gasteiger partial charge in [0.05, 0.1) is 6.54 Å². The third-order valence-electron chi connectivity index (χ3n) is 2.24. The average molecular weight is 312 g/mol. The summed E-state index contributed by atoms with van der Waals surface area (Å²) < 4.78 is 0.838. The first-order chi connectivity index (χ1) is 8.28. The van der Waals surface area contributed by atoms with Crippen molar-refractivity contribution in [3.8, 4) is 0 Å². The highest BCUT2D eigenvalue weighted by Gasteiger charge is 2.02. The van der Waals surface area contributed by atoms with Crippen molar-refractivity contribution in [3.05, 3.63) is 38.9 Å². The van der Waals surface area contributed by atoms with E-state index in [0.29, 0.717) is 0 Å². The maximum atomic E-state index is 4.48. The van der Waals surface area contributed by atoms with Gasteiger partial charge in [0.15, 0.2) is 0 Å². The van der Waals surface area contributed by atoms with E-state index in [2.05, 4.69) is 55.7 Å². The van der Waals surface area contributed by atoms with E-state index >= 15 is 0 Å². The van der Waals surface area contributed by atoms with Gasteiger partial charge in [-0.3, -0.25) is 0 Å². The van der Waals surface area contributed by atoms with Gasteiger partial charge in [-0.1, -0.05) is 13.0 Å². The van der Waals surface area contributed by atoms with E-state index in [1.807, 2.05) is 6.07 Å². The van der Waals surface area contributed by atoms with E-state index in [1.165, 1.54) is 4.88 Å². The van der Waals surface area contributed by atoms with Crippen molar-refractivity contribution in [2.75, 3.05) is 5.32 Å². The first kappa shape index (κ1) is 12.5. The quantitative estimate of drug-likeness (QED) is 0.852. The van der Waals surface area contributed by atoms with Gasteiger partial charge in [-0.2, -0.15) is 0 Å². The summed E-state index contributed by atoms with van der Waals surface area (Å²) in [5, 5.41) is 5.39. The normalized spacial score (nSPS) is 10.5. The third kappa shape index (κ3) is 3.78. The summed E-state index contributed by atoms with van der Waals surface area (Å²) in [6, 6.07) is 6.08. The molecule has 17 heavy (non-hydrogen) atoms. The molecule has 0 aromatic carbocycles. The Morgan fingerprint density at radius 3 is 3.00 bits per heavy atom. The Morgan fingerprint density at radius 1 is 1.41 bits per heavy atom. The van der Waals surface area contributed by atoms with Gasteiger partial charge < -0.3 is 5.32 Å². The number of nitrogens with one attached hydrogen (secondary N) is 1. The van der Waals surface area contributed by atoms with Crippen molar-refractivity contribution < 1.29 is 0 Å². The fraction of sp³-hybridized carbons (Fsp3) is 0.333. The molecule has 3 nitrogen and oxygen atoms in total. The second-order valence-corrected chi connectivity index (χ2v) is 5.52. The van der Waals surface area contributed by atoms with Gasteiger partial charge >= 0.3 is 0 Å². The zero-order chi connectivity index (χ0) is 12.1. The van der Waals surface area contributed by atoms with E-state index in [0.717, 1.165) is 35.6 Å². The van der Waals surface area contributed by atoms with Crippen LogP contribution in [-0.4, -0.2) is 9.97 Å². The summed E-state index contributed by atoms with van der Waals surface area (Å²) in [5.74, 6) is 1.76. The number of hydrogen-bond acceptors (Lipinski definition) is 4. The Morgan fingerprint density at radius 2 is 2.29 bits per heavy atom. The molecule has 90 valence electrons. The Labute approximate surface area is 113 Å². The molecule has 5 heteroatoms. The minimum absolute atomic E-state index is 0.812. The van der Waals surface area contributed by atoms with Crippen LogP contribution in [0.4, 0.5) is 5.82 Å². The molecule has 2 rings (SSSR count). The van der Waals surface area contributed by atoms with Gasteiger partial charge in [-0.15, -0.1) is 11.3 Å². The van der Waals surface area contributed by atoms with Crippen LogP contribution in [-0.2, 0) is 13.0 Å². The van der Waals surface area contributed by atoms with Crippen LogP contribution in [0.25, 0.3) is 0 Å². The summed E-state index contributed by atoms with van der Waals surface area (Å²) in [7, 11) is 0. The fourth-order valence-corrected chi connectivity index (χ4v) is 2.55. The second kappa shape index (κ2) is 6.12. The first-order valence-electron chi connectivity index (χ1n) is 5.57. The fourth-order valence-electron chi connectivity index (χ4n) is 1.48. The van der Waals surface area contributed by atoms with E-state index in [1.54, 1.807) is 11.3 Å². The van der Waals surface area contributed by atoms with Gasteiger partial charge in [-0.05, 0) is 33.8 Å². The minimum Gasteiger partial charge on any atom is -0.365 e. The lowest BCUT2D eigenvalue weighted by Crippen LogP contribution is -2.03. The molecule has 0 radical (unpaired) electrons. The van der Waals surface area contributed by atoms with Gasteiger partial charge in [0, 0.05) is 17.4 Å². The van der Waals surface area contributed by atoms with Crippen molar-refractivity contribution in [1.82, 2.24) is 9.97 Å². The number of hydrogen-bond donors (Lipinski definition) is 1. The SMILES string of the molecule is CCCc1nc(Br)cc(NCc2cccs2)n1. The summed E-state index contributed by atoms with van der Waals surface area (Å²) in [6.45, 7) is 2.94. The number of aromatic nitrogens is 2. The lowest BCUT2D eigenvalue weighted by molar-refractivity contribution is 0.828. The van der Waals surface area contributed by atoms with Crippen molar-refractivity contribution in [3.63, 3.8) is 0 Å². The van der Waals surface area contributed by atoms with E-state index in [-0.39, 0.29) is 0 Å². The topological polar surface area (TPSA) is 37.8 Å². The lowest BCUT2D eigenvalue weighted by atomic mass is 10.3. The van der Waals surface area contributed by atoms with Crippen LogP contribution in [0.15, 0.2) is 28.2 Å².